The third-order valence-electron chi connectivity index (χ3n) is 4.82. The van der Waals surface area contributed by atoms with E-state index < -0.39 is 0 Å². The molecule has 0 aliphatic heterocycles. The molecule has 0 amide bonds. The highest BCUT2D eigenvalue weighted by Crippen LogP contribution is 2.29. The van der Waals surface area contributed by atoms with Crippen LogP contribution in [-0.2, 0) is 0 Å². The van der Waals surface area contributed by atoms with Crippen molar-refractivity contribution in [2.45, 2.75) is 81.1 Å². The van der Waals surface area contributed by atoms with Crippen molar-refractivity contribution in [3.8, 4) is 0 Å². The maximum absolute atomic E-state index is 2.46. The van der Waals surface area contributed by atoms with Gasteiger partial charge in [0.05, 0.1) is 0 Å². The van der Waals surface area contributed by atoms with E-state index in [4.69, 9.17) is 0 Å². The quantitative estimate of drug-likeness (QED) is 0.350. The van der Waals surface area contributed by atoms with Gasteiger partial charge in [0, 0.05) is 19.3 Å². The van der Waals surface area contributed by atoms with Gasteiger partial charge in [-0.15, -0.1) is 0 Å². The minimum absolute atomic E-state index is 0.744. The molecule has 0 saturated carbocycles. The van der Waals surface area contributed by atoms with Crippen molar-refractivity contribution < 1.29 is 4.58 Å². The van der Waals surface area contributed by atoms with Gasteiger partial charge in [-0.25, -0.2) is 4.58 Å². The van der Waals surface area contributed by atoms with Crippen LogP contribution in [0.25, 0.3) is 0 Å². The third-order valence-corrected chi connectivity index (χ3v) is 4.82. The average molecular weight is 297 g/mol. The Morgan fingerprint density at radius 2 is 1.48 bits per heavy atom. The summed E-state index contributed by atoms with van der Waals surface area (Å²) < 4.78 is 2.46. The summed E-state index contributed by atoms with van der Waals surface area (Å²) in [6.07, 6.45) is 5.36. The van der Waals surface area contributed by atoms with Gasteiger partial charge in [0.25, 0.3) is 0 Å². The van der Waals surface area contributed by atoms with Crippen molar-refractivity contribution in [1.82, 2.24) is 0 Å². The van der Waals surface area contributed by atoms with Gasteiger partial charge in [0.15, 0.2) is 0 Å². The number of hydrogen-bond acceptors (Lipinski definition) is 0. The van der Waals surface area contributed by atoms with Crippen molar-refractivity contribution >= 4 is 5.71 Å². The maximum Gasteiger partial charge on any atom is 0.149 e. The maximum atomic E-state index is 2.46. The second-order valence-electron chi connectivity index (χ2n) is 8.33. The molecular weight excluding hydrogens is 254 g/mol. The Hall–Kier alpha value is -0.330. The van der Waals surface area contributed by atoms with Gasteiger partial charge >= 0.3 is 0 Å². The molecule has 0 aromatic carbocycles. The molecule has 21 heavy (non-hydrogen) atoms. The lowest BCUT2D eigenvalue weighted by Gasteiger charge is -2.26. The molecule has 0 aliphatic rings. The van der Waals surface area contributed by atoms with Crippen molar-refractivity contribution in [1.29, 1.82) is 0 Å². The van der Waals surface area contributed by atoms with E-state index in [1.54, 1.807) is 5.71 Å². The largest absolute Gasteiger partial charge is 0.240 e. The summed E-state index contributed by atoms with van der Waals surface area (Å²) >= 11 is 0. The lowest BCUT2D eigenvalue weighted by atomic mass is 9.79. The Kier molecular flexibility index (Phi) is 10.2. The zero-order valence-electron chi connectivity index (χ0n) is 16.4. The Bertz CT molecular complexity index is 301. The Labute approximate surface area is 135 Å². The first-order valence-corrected chi connectivity index (χ1v) is 9.20. The van der Waals surface area contributed by atoms with E-state index >= 15 is 0 Å². The van der Waals surface area contributed by atoms with Crippen LogP contribution in [0.1, 0.15) is 81.1 Å². The molecule has 126 valence electrons. The molecule has 0 spiro atoms. The Balaban J connectivity index is 4.54. The minimum Gasteiger partial charge on any atom is -0.240 e. The first-order chi connectivity index (χ1) is 9.67. The van der Waals surface area contributed by atoms with Crippen LogP contribution in [0.3, 0.4) is 0 Å². The van der Waals surface area contributed by atoms with Crippen LogP contribution in [0.2, 0.25) is 0 Å². The summed E-state index contributed by atoms with van der Waals surface area (Å²) in [5.74, 6) is 4.12. The number of rotatable bonds is 10. The van der Waals surface area contributed by atoms with Crippen LogP contribution in [0, 0.1) is 29.6 Å². The van der Waals surface area contributed by atoms with E-state index in [1.807, 2.05) is 0 Å². The number of nitrogens with zero attached hydrogens (tertiary/aromatic N) is 1. The molecule has 0 rings (SSSR count). The smallest absolute Gasteiger partial charge is 0.149 e. The molecule has 3 atom stereocenters. The highest BCUT2D eigenvalue weighted by Gasteiger charge is 2.21. The highest BCUT2D eigenvalue weighted by molar-refractivity contribution is 5.77. The minimum atomic E-state index is 0.744. The number of hydrogen-bond donors (Lipinski definition) is 0. The summed E-state index contributed by atoms with van der Waals surface area (Å²) in [6.45, 7) is 20.1. The van der Waals surface area contributed by atoms with Gasteiger partial charge in [-0.05, 0) is 36.5 Å². The fourth-order valence-corrected chi connectivity index (χ4v) is 3.71. The zero-order valence-corrected chi connectivity index (χ0v) is 16.4. The fourth-order valence-electron chi connectivity index (χ4n) is 3.71. The predicted octanol–water partition coefficient (Wildman–Crippen LogP) is 5.87. The highest BCUT2D eigenvalue weighted by atomic mass is 15.0. The zero-order chi connectivity index (χ0) is 16.6. The summed E-state index contributed by atoms with van der Waals surface area (Å²) in [6, 6.07) is 0. The molecule has 0 aromatic rings. The molecule has 0 aliphatic carbocycles. The summed E-state index contributed by atoms with van der Waals surface area (Å²) in [4.78, 5) is 0. The molecule has 0 radical (unpaired) electrons. The Morgan fingerprint density at radius 3 is 1.90 bits per heavy atom. The van der Waals surface area contributed by atoms with Crippen LogP contribution >= 0.6 is 0 Å². The standard InChI is InChI=1S/C20H42N/c1-10-20(12-17(6)11-15(2)3)18(7)13-19(8)21(9)14-16(4)5/h15-18,20H,10-14H2,1-9H3/q+1. The summed E-state index contributed by atoms with van der Waals surface area (Å²) in [5.41, 5.74) is 1.56. The molecule has 0 bridgehead atoms. The average Bonchev–Trinajstić information content (AvgIpc) is 2.33. The Morgan fingerprint density at radius 1 is 0.905 bits per heavy atom. The normalized spacial score (nSPS) is 17.9. The predicted molar refractivity (Wildman–Crippen MR) is 97.4 cm³/mol. The van der Waals surface area contributed by atoms with Crippen LogP contribution in [-0.4, -0.2) is 23.9 Å². The molecule has 3 unspecified atom stereocenters. The molecule has 0 saturated heterocycles. The second-order valence-corrected chi connectivity index (χ2v) is 8.33. The second kappa shape index (κ2) is 10.4. The van der Waals surface area contributed by atoms with E-state index in [1.165, 1.54) is 32.2 Å². The SMILES string of the molecule is CCC(CC(C)CC(C)C)C(C)CC(C)=[N+](C)CC(C)C. The first-order valence-electron chi connectivity index (χ1n) is 9.20. The molecule has 1 nitrogen and oxygen atoms in total. The van der Waals surface area contributed by atoms with E-state index in [9.17, 15) is 0 Å². The summed E-state index contributed by atoms with van der Waals surface area (Å²) in [5, 5.41) is 0. The van der Waals surface area contributed by atoms with E-state index in [-0.39, 0.29) is 0 Å². The fraction of sp³-hybridized carbons (Fsp3) is 0.950. The molecule has 1 heteroatoms. The first kappa shape index (κ1) is 20.7. The monoisotopic (exact) mass is 296 g/mol. The lowest BCUT2D eigenvalue weighted by Crippen LogP contribution is -2.24. The van der Waals surface area contributed by atoms with Crippen LogP contribution in [0.4, 0.5) is 0 Å². The van der Waals surface area contributed by atoms with Crippen molar-refractivity contribution in [3.63, 3.8) is 0 Å². The van der Waals surface area contributed by atoms with Gasteiger partial charge in [-0.1, -0.05) is 54.9 Å². The van der Waals surface area contributed by atoms with Gasteiger partial charge in [0.2, 0.25) is 0 Å². The molecule has 0 fully saturated rings. The molecular formula is C20H42N+. The van der Waals surface area contributed by atoms with E-state index in [0.29, 0.717) is 0 Å². The van der Waals surface area contributed by atoms with Crippen LogP contribution in [0.15, 0.2) is 0 Å². The van der Waals surface area contributed by atoms with Crippen molar-refractivity contribution in [3.05, 3.63) is 0 Å². The van der Waals surface area contributed by atoms with Crippen molar-refractivity contribution in [2.24, 2.45) is 29.6 Å². The molecule has 0 heterocycles. The third kappa shape index (κ3) is 9.32. The van der Waals surface area contributed by atoms with Crippen LogP contribution in [0.5, 0.6) is 0 Å². The van der Waals surface area contributed by atoms with E-state index in [2.05, 4.69) is 67.0 Å². The van der Waals surface area contributed by atoms with Gasteiger partial charge < -0.3 is 0 Å². The molecule has 0 aromatic heterocycles. The van der Waals surface area contributed by atoms with Crippen LogP contribution < -0.4 is 0 Å². The van der Waals surface area contributed by atoms with Gasteiger partial charge in [0.1, 0.15) is 19.3 Å². The lowest BCUT2D eigenvalue weighted by molar-refractivity contribution is -0.505. The summed E-state index contributed by atoms with van der Waals surface area (Å²) in [7, 11) is 2.25. The van der Waals surface area contributed by atoms with Gasteiger partial charge in [-0.2, -0.15) is 0 Å². The van der Waals surface area contributed by atoms with E-state index in [0.717, 1.165) is 29.6 Å². The van der Waals surface area contributed by atoms with Gasteiger partial charge in [-0.3, -0.25) is 0 Å². The topological polar surface area (TPSA) is 3.01 Å². The molecule has 0 N–H and O–H groups in total. The van der Waals surface area contributed by atoms with Crippen molar-refractivity contribution in [2.75, 3.05) is 13.6 Å².